The zero-order valence-electron chi connectivity index (χ0n) is 9.35. The van der Waals surface area contributed by atoms with Crippen LogP contribution in [0.5, 0.6) is 0 Å². The summed E-state index contributed by atoms with van der Waals surface area (Å²) in [5, 5.41) is 4.96. The van der Waals surface area contributed by atoms with E-state index >= 15 is 0 Å². The maximum Gasteiger partial charge on any atom is 0.251 e. The summed E-state index contributed by atoms with van der Waals surface area (Å²) < 4.78 is 0. The normalized spacial score (nSPS) is 9.71. The third kappa shape index (κ3) is 3.19. The number of fused-ring (bicyclic) bond motifs is 1. The second-order valence-corrected chi connectivity index (χ2v) is 3.61. The summed E-state index contributed by atoms with van der Waals surface area (Å²) in [6, 6.07) is 13.6. The van der Waals surface area contributed by atoms with E-state index in [1.54, 1.807) is 0 Å². The number of hydrogen-bond acceptors (Lipinski definition) is 2. The zero-order chi connectivity index (χ0) is 11.4. The lowest BCUT2D eigenvalue weighted by molar-refractivity contribution is 0.0955. The first-order chi connectivity index (χ1) is 7.81. The fourth-order valence-electron chi connectivity index (χ4n) is 1.62. The van der Waals surface area contributed by atoms with Crippen LogP contribution in [0.3, 0.4) is 0 Å². The first-order valence-corrected chi connectivity index (χ1v) is 5.28. The van der Waals surface area contributed by atoms with Gasteiger partial charge >= 0.3 is 0 Å². The number of rotatable bonds is 3. The highest BCUT2D eigenvalue weighted by Crippen LogP contribution is 2.15. The summed E-state index contributed by atoms with van der Waals surface area (Å²) in [4.78, 5) is 11.7. The summed E-state index contributed by atoms with van der Waals surface area (Å²) in [6.45, 7) is 0.963. The largest absolute Gasteiger partial charge is 0.351 e. The molecule has 0 radical (unpaired) electrons. The van der Waals surface area contributed by atoms with Gasteiger partial charge in [-0.3, -0.25) is 4.79 Å². The highest BCUT2D eigenvalue weighted by molar-refractivity contribution is 5.98. The van der Waals surface area contributed by atoms with Gasteiger partial charge in [0.05, 0.1) is 0 Å². The molecule has 1 amide bonds. The molecule has 0 aliphatic heterocycles. The smallest absolute Gasteiger partial charge is 0.251 e. The molecule has 2 rings (SSSR count). The molecule has 3 N–H and O–H groups in total. The monoisotopic (exact) mass is 250 g/mol. The maximum absolute atomic E-state index is 11.7. The van der Waals surface area contributed by atoms with Crippen molar-refractivity contribution in [3.8, 4) is 0 Å². The Balaban J connectivity index is 0.00000144. The lowest BCUT2D eigenvalue weighted by Gasteiger charge is -2.04. The number of benzene rings is 2. The van der Waals surface area contributed by atoms with Crippen molar-refractivity contribution in [2.45, 2.75) is 0 Å². The Kier molecular flexibility index (Phi) is 4.94. The molecule has 17 heavy (non-hydrogen) atoms. The molecular formula is C13H15ClN2O. The molecule has 2 aromatic carbocycles. The van der Waals surface area contributed by atoms with Crippen LogP contribution in [0, 0.1) is 0 Å². The number of halogens is 1. The van der Waals surface area contributed by atoms with Crippen LogP contribution in [0.2, 0.25) is 0 Å². The van der Waals surface area contributed by atoms with E-state index in [4.69, 9.17) is 5.73 Å². The SMILES string of the molecule is Cl.NCCNC(=O)c1ccc2ccccc2c1. The summed E-state index contributed by atoms with van der Waals surface area (Å²) in [6.07, 6.45) is 0. The topological polar surface area (TPSA) is 55.1 Å². The molecule has 0 aliphatic rings. The van der Waals surface area contributed by atoms with Crippen molar-refractivity contribution in [2.75, 3.05) is 13.1 Å². The zero-order valence-corrected chi connectivity index (χ0v) is 10.2. The third-order valence-corrected chi connectivity index (χ3v) is 2.44. The van der Waals surface area contributed by atoms with Gasteiger partial charge in [0, 0.05) is 18.7 Å². The molecule has 0 heterocycles. The first-order valence-electron chi connectivity index (χ1n) is 5.28. The Bertz CT molecular complexity index is 514. The Morgan fingerprint density at radius 2 is 1.82 bits per heavy atom. The van der Waals surface area contributed by atoms with E-state index in [1.165, 1.54) is 0 Å². The van der Waals surface area contributed by atoms with E-state index in [0.29, 0.717) is 18.7 Å². The lowest BCUT2D eigenvalue weighted by Crippen LogP contribution is -2.28. The minimum Gasteiger partial charge on any atom is -0.351 e. The number of carbonyl (C=O) groups is 1. The molecule has 0 fully saturated rings. The van der Waals surface area contributed by atoms with Crippen molar-refractivity contribution < 1.29 is 4.79 Å². The molecule has 0 saturated heterocycles. The highest BCUT2D eigenvalue weighted by Gasteiger charge is 2.04. The van der Waals surface area contributed by atoms with E-state index in [-0.39, 0.29) is 18.3 Å². The van der Waals surface area contributed by atoms with Crippen LogP contribution in [-0.4, -0.2) is 19.0 Å². The van der Waals surface area contributed by atoms with Crippen LogP contribution < -0.4 is 11.1 Å². The summed E-state index contributed by atoms with van der Waals surface area (Å²) in [7, 11) is 0. The summed E-state index contributed by atoms with van der Waals surface area (Å²) >= 11 is 0. The van der Waals surface area contributed by atoms with Crippen molar-refractivity contribution >= 4 is 29.1 Å². The number of nitrogens with one attached hydrogen (secondary N) is 1. The van der Waals surface area contributed by atoms with Gasteiger partial charge in [-0.2, -0.15) is 0 Å². The molecule has 3 nitrogen and oxygen atoms in total. The molecule has 0 aromatic heterocycles. The van der Waals surface area contributed by atoms with Gasteiger partial charge in [0.1, 0.15) is 0 Å². The van der Waals surface area contributed by atoms with E-state index in [2.05, 4.69) is 5.32 Å². The first kappa shape index (κ1) is 13.5. The average Bonchev–Trinajstić information content (AvgIpc) is 2.35. The molecular weight excluding hydrogens is 236 g/mol. The molecule has 0 unspecified atom stereocenters. The molecule has 0 spiro atoms. The van der Waals surface area contributed by atoms with Crippen molar-refractivity contribution in [3.05, 3.63) is 48.0 Å². The molecule has 0 bridgehead atoms. The average molecular weight is 251 g/mol. The second-order valence-electron chi connectivity index (χ2n) is 3.61. The van der Waals surface area contributed by atoms with Gasteiger partial charge < -0.3 is 11.1 Å². The molecule has 0 atom stereocenters. The predicted octanol–water partition coefficient (Wildman–Crippen LogP) is 1.95. The van der Waals surface area contributed by atoms with E-state index in [9.17, 15) is 4.79 Å². The molecule has 2 aromatic rings. The Labute approximate surface area is 106 Å². The predicted molar refractivity (Wildman–Crippen MR) is 72.6 cm³/mol. The molecule has 90 valence electrons. The second kappa shape index (κ2) is 6.23. The van der Waals surface area contributed by atoms with Crippen LogP contribution in [0.15, 0.2) is 42.5 Å². The standard InChI is InChI=1S/C13H14N2O.ClH/c14-7-8-15-13(16)12-6-5-10-3-1-2-4-11(10)9-12;/h1-6,9H,7-8,14H2,(H,15,16);1H. The number of amides is 1. The Hall–Kier alpha value is -1.58. The fourth-order valence-corrected chi connectivity index (χ4v) is 1.62. The van der Waals surface area contributed by atoms with Crippen molar-refractivity contribution in [3.63, 3.8) is 0 Å². The van der Waals surface area contributed by atoms with Gasteiger partial charge in [0.15, 0.2) is 0 Å². The number of nitrogens with two attached hydrogens (primary N) is 1. The van der Waals surface area contributed by atoms with E-state index in [0.717, 1.165) is 10.8 Å². The van der Waals surface area contributed by atoms with Gasteiger partial charge in [-0.05, 0) is 22.9 Å². The van der Waals surface area contributed by atoms with Crippen LogP contribution in [-0.2, 0) is 0 Å². The minimum atomic E-state index is -0.0730. The lowest BCUT2D eigenvalue weighted by atomic mass is 10.1. The van der Waals surface area contributed by atoms with E-state index in [1.807, 2.05) is 42.5 Å². The van der Waals surface area contributed by atoms with Crippen molar-refractivity contribution in [1.82, 2.24) is 5.32 Å². The quantitative estimate of drug-likeness (QED) is 0.875. The maximum atomic E-state index is 11.7. The van der Waals surface area contributed by atoms with Gasteiger partial charge in [-0.15, -0.1) is 12.4 Å². The van der Waals surface area contributed by atoms with Crippen LogP contribution in [0.1, 0.15) is 10.4 Å². The van der Waals surface area contributed by atoms with Gasteiger partial charge in [0.2, 0.25) is 0 Å². The van der Waals surface area contributed by atoms with Crippen LogP contribution in [0.25, 0.3) is 10.8 Å². The molecule has 4 heteroatoms. The van der Waals surface area contributed by atoms with Crippen molar-refractivity contribution in [2.24, 2.45) is 5.73 Å². The Morgan fingerprint density at radius 3 is 2.53 bits per heavy atom. The summed E-state index contributed by atoms with van der Waals surface area (Å²) in [5.74, 6) is -0.0730. The molecule has 0 saturated carbocycles. The third-order valence-electron chi connectivity index (χ3n) is 2.44. The Morgan fingerprint density at radius 1 is 1.12 bits per heavy atom. The molecule has 0 aliphatic carbocycles. The van der Waals surface area contributed by atoms with Crippen LogP contribution >= 0.6 is 12.4 Å². The van der Waals surface area contributed by atoms with Gasteiger partial charge in [0.25, 0.3) is 5.91 Å². The van der Waals surface area contributed by atoms with Gasteiger partial charge in [-0.1, -0.05) is 30.3 Å². The minimum absolute atomic E-state index is 0. The van der Waals surface area contributed by atoms with Gasteiger partial charge in [-0.25, -0.2) is 0 Å². The van der Waals surface area contributed by atoms with Crippen LogP contribution in [0.4, 0.5) is 0 Å². The van der Waals surface area contributed by atoms with E-state index < -0.39 is 0 Å². The summed E-state index contributed by atoms with van der Waals surface area (Å²) in [5.41, 5.74) is 6.00. The number of carbonyl (C=O) groups excluding carboxylic acids is 1. The van der Waals surface area contributed by atoms with Crippen molar-refractivity contribution in [1.29, 1.82) is 0 Å². The fraction of sp³-hybridized carbons (Fsp3) is 0.154. The number of hydrogen-bond donors (Lipinski definition) is 2. The highest BCUT2D eigenvalue weighted by atomic mass is 35.5.